The lowest BCUT2D eigenvalue weighted by atomic mass is 10.0. The van der Waals surface area contributed by atoms with Gasteiger partial charge < -0.3 is 9.30 Å². The quantitative estimate of drug-likeness (QED) is 0.608. The van der Waals surface area contributed by atoms with Gasteiger partial charge in [0.1, 0.15) is 5.57 Å². The molecule has 0 fully saturated rings. The van der Waals surface area contributed by atoms with Crippen LogP contribution in [0.25, 0.3) is 5.69 Å². The van der Waals surface area contributed by atoms with Crippen molar-refractivity contribution in [2.45, 2.75) is 27.2 Å². The highest BCUT2D eigenvalue weighted by Crippen LogP contribution is 2.28. The number of benzene rings is 1. The van der Waals surface area contributed by atoms with Crippen LogP contribution >= 0.6 is 11.6 Å². The Morgan fingerprint density at radius 3 is 2.58 bits per heavy atom. The van der Waals surface area contributed by atoms with E-state index < -0.39 is 5.97 Å². The van der Waals surface area contributed by atoms with E-state index in [1.165, 1.54) is 7.11 Å². The number of ether oxygens (including phenoxy) is 1. The van der Waals surface area contributed by atoms with Crippen LogP contribution in [0, 0.1) is 13.8 Å². The minimum absolute atomic E-state index is 0.0161. The van der Waals surface area contributed by atoms with Gasteiger partial charge in [-0.25, -0.2) is 4.79 Å². The number of carbonyl (C=O) groups excluding carboxylic acids is 2. The highest BCUT2D eigenvalue weighted by Gasteiger charge is 2.32. The molecule has 1 aliphatic rings. The van der Waals surface area contributed by atoms with Gasteiger partial charge in [0.15, 0.2) is 0 Å². The fraction of sp³-hybridized carbons (Fsp3) is 0.250. The summed E-state index contributed by atoms with van der Waals surface area (Å²) in [5.41, 5.74) is 4.61. The van der Waals surface area contributed by atoms with Crippen LogP contribution in [0.3, 0.4) is 0 Å². The van der Waals surface area contributed by atoms with Gasteiger partial charge in [-0.3, -0.25) is 9.79 Å². The molecule has 1 aromatic heterocycles. The number of allylic oxidation sites excluding steroid dienone is 1. The third-order valence-electron chi connectivity index (χ3n) is 4.53. The summed E-state index contributed by atoms with van der Waals surface area (Å²) in [7, 11) is 1.26. The maximum absolute atomic E-state index is 12.5. The lowest BCUT2D eigenvalue weighted by Crippen LogP contribution is -2.20. The van der Waals surface area contributed by atoms with E-state index in [4.69, 9.17) is 11.6 Å². The number of halogens is 1. The van der Waals surface area contributed by atoms with Crippen LogP contribution in [0.15, 0.2) is 46.6 Å². The van der Waals surface area contributed by atoms with E-state index in [0.717, 1.165) is 22.6 Å². The van der Waals surface area contributed by atoms with Gasteiger partial charge in [0, 0.05) is 17.8 Å². The SMILES string of the molecule is COC(=O)C1=C(C)N=C(Cc2cc(C)n(-c3ccccc3Cl)c2C)C1=O. The molecule has 2 heterocycles. The predicted molar refractivity (Wildman–Crippen MR) is 101 cm³/mol. The molecule has 26 heavy (non-hydrogen) atoms. The first-order chi connectivity index (χ1) is 12.3. The normalized spacial score (nSPS) is 14.0. The van der Waals surface area contributed by atoms with Gasteiger partial charge in [-0.15, -0.1) is 0 Å². The molecule has 0 amide bonds. The van der Waals surface area contributed by atoms with Crippen molar-refractivity contribution in [3.05, 3.63) is 63.6 Å². The molecule has 1 aromatic carbocycles. The maximum Gasteiger partial charge on any atom is 0.343 e. The Labute approximate surface area is 156 Å². The van der Waals surface area contributed by atoms with Crippen LogP contribution in [-0.2, 0) is 20.7 Å². The van der Waals surface area contributed by atoms with Crippen LogP contribution in [-0.4, -0.2) is 29.1 Å². The molecule has 3 rings (SSSR count). The summed E-state index contributed by atoms with van der Waals surface area (Å²) >= 11 is 6.34. The van der Waals surface area contributed by atoms with E-state index in [9.17, 15) is 9.59 Å². The Hall–Kier alpha value is -2.66. The smallest absolute Gasteiger partial charge is 0.343 e. The molecule has 6 heteroatoms. The number of para-hydroxylation sites is 1. The minimum Gasteiger partial charge on any atom is -0.465 e. The fourth-order valence-electron chi connectivity index (χ4n) is 3.27. The summed E-state index contributed by atoms with van der Waals surface area (Å²) in [4.78, 5) is 28.6. The zero-order valence-corrected chi connectivity index (χ0v) is 15.8. The standard InChI is InChI=1S/C20H19ClN2O3/c1-11-9-14(13(3)23(11)17-8-6-5-7-15(17)21)10-16-19(24)18(12(2)22-16)20(25)26-4/h5-9H,10H2,1-4H3. The number of ketones is 1. The highest BCUT2D eigenvalue weighted by molar-refractivity contribution is 6.53. The first-order valence-corrected chi connectivity index (χ1v) is 8.57. The van der Waals surface area contributed by atoms with E-state index in [1.807, 2.05) is 44.2 Å². The second kappa shape index (κ2) is 6.92. The van der Waals surface area contributed by atoms with Crippen LogP contribution in [0.1, 0.15) is 23.9 Å². The Balaban J connectivity index is 1.93. The molecule has 0 bridgehead atoms. The predicted octanol–water partition coefficient (Wildman–Crippen LogP) is 3.76. The Bertz CT molecular complexity index is 983. The Morgan fingerprint density at radius 1 is 1.23 bits per heavy atom. The van der Waals surface area contributed by atoms with Crippen molar-refractivity contribution < 1.29 is 14.3 Å². The molecule has 134 valence electrons. The van der Waals surface area contributed by atoms with Crippen LogP contribution in [0.5, 0.6) is 0 Å². The summed E-state index contributed by atoms with van der Waals surface area (Å²) in [6, 6.07) is 9.62. The second-order valence-electron chi connectivity index (χ2n) is 6.20. The highest BCUT2D eigenvalue weighted by atomic mass is 35.5. The lowest BCUT2D eigenvalue weighted by Gasteiger charge is -2.11. The van der Waals surface area contributed by atoms with E-state index >= 15 is 0 Å². The molecule has 0 N–H and O–H groups in total. The summed E-state index contributed by atoms with van der Waals surface area (Å²) in [5, 5.41) is 0.653. The first-order valence-electron chi connectivity index (χ1n) is 8.19. The van der Waals surface area contributed by atoms with Gasteiger partial charge in [0.05, 0.1) is 29.2 Å². The van der Waals surface area contributed by atoms with E-state index in [1.54, 1.807) is 6.92 Å². The monoisotopic (exact) mass is 370 g/mol. The van der Waals surface area contributed by atoms with E-state index in [-0.39, 0.29) is 11.4 Å². The van der Waals surface area contributed by atoms with Gasteiger partial charge in [-0.2, -0.15) is 0 Å². The third kappa shape index (κ3) is 2.99. The molecular weight excluding hydrogens is 352 g/mol. The van der Waals surface area contributed by atoms with Gasteiger partial charge >= 0.3 is 5.97 Å². The number of aliphatic imine (C=N–C) groups is 1. The molecular formula is C20H19ClN2O3. The number of aromatic nitrogens is 1. The number of nitrogens with zero attached hydrogens (tertiary/aromatic N) is 2. The van der Waals surface area contributed by atoms with E-state index in [0.29, 0.717) is 22.9 Å². The number of Topliss-reactive ketones (excluding diaryl/α,β-unsaturated/α-hetero) is 1. The molecule has 0 saturated heterocycles. The number of aryl methyl sites for hydroxylation is 1. The summed E-state index contributed by atoms with van der Waals surface area (Å²) in [6.07, 6.45) is 0.348. The molecule has 0 atom stereocenters. The maximum atomic E-state index is 12.5. The topological polar surface area (TPSA) is 60.7 Å². The van der Waals surface area contributed by atoms with Crippen LogP contribution in [0.4, 0.5) is 0 Å². The second-order valence-corrected chi connectivity index (χ2v) is 6.61. The third-order valence-corrected chi connectivity index (χ3v) is 4.85. The van der Waals surface area contributed by atoms with Crippen molar-refractivity contribution >= 4 is 29.1 Å². The summed E-state index contributed by atoms with van der Waals surface area (Å²) in [6.45, 7) is 5.61. The van der Waals surface area contributed by atoms with Crippen molar-refractivity contribution in [1.29, 1.82) is 0 Å². The van der Waals surface area contributed by atoms with Gasteiger partial charge in [-0.05, 0) is 44.5 Å². The Morgan fingerprint density at radius 2 is 1.92 bits per heavy atom. The number of methoxy groups -OCH3 is 1. The largest absolute Gasteiger partial charge is 0.465 e. The lowest BCUT2D eigenvalue weighted by molar-refractivity contribution is -0.137. The van der Waals surface area contributed by atoms with Crippen molar-refractivity contribution in [2.75, 3.05) is 7.11 Å². The molecule has 1 aliphatic heterocycles. The fourth-order valence-corrected chi connectivity index (χ4v) is 3.49. The zero-order valence-electron chi connectivity index (χ0n) is 15.1. The summed E-state index contributed by atoms with van der Waals surface area (Å²) < 4.78 is 6.74. The first kappa shape index (κ1) is 18.1. The average molecular weight is 371 g/mol. The number of hydrogen-bond donors (Lipinski definition) is 0. The van der Waals surface area contributed by atoms with Crippen molar-refractivity contribution in [1.82, 2.24) is 4.57 Å². The molecule has 0 aliphatic carbocycles. The van der Waals surface area contributed by atoms with Crippen molar-refractivity contribution in [3.8, 4) is 5.69 Å². The van der Waals surface area contributed by atoms with Crippen LogP contribution in [0.2, 0.25) is 5.02 Å². The molecule has 5 nitrogen and oxygen atoms in total. The number of hydrogen-bond acceptors (Lipinski definition) is 4. The molecule has 0 saturated carbocycles. The van der Waals surface area contributed by atoms with Gasteiger partial charge in [-0.1, -0.05) is 23.7 Å². The van der Waals surface area contributed by atoms with E-state index in [2.05, 4.69) is 14.3 Å². The molecule has 2 aromatic rings. The molecule has 0 unspecified atom stereocenters. The zero-order chi connectivity index (χ0) is 19.0. The molecule has 0 radical (unpaired) electrons. The van der Waals surface area contributed by atoms with Gasteiger partial charge in [0.2, 0.25) is 5.78 Å². The summed E-state index contributed by atoms with van der Waals surface area (Å²) in [5.74, 6) is -1.01. The molecule has 0 spiro atoms. The number of esters is 1. The number of rotatable bonds is 4. The Kier molecular flexibility index (Phi) is 4.83. The van der Waals surface area contributed by atoms with Gasteiger partial charge in [0.25, 0.3) is 0 Å². The number of carbonyl (C=O) groups is 2. The average Bonchev–Trinajstić information content (AvgIpc) is 3.04. The minimum atomic E-state index is -0.646. The van der Waals surface area contributed by atoms with Crippen LogP contribution < -0.4 is 0 Å². The van der Waals surface area contributed by atoms with Crippen molar-refractivity contribution in [3.63, 3.8) is 0 Å². The van der Waals surface area contributed by atoms with Crippen molar-refractivity contribution in [2.24, 2.45) is 4.99 Å².